The lowest BCUT2D eigenvalue weighted by atomic mass is 9.78. The highest BCUT2D eigenvalue weighted by Gasteiger charge is 2.51. The van der Waals surface area contributed by atoms with E-state index in [9.17, 15) is 20.0 Å². The van der Waals surface area contributed by atoms with Crippen molar-refractivity contribution >= 4 is 44.9 Å². The van der Waals surface area contributed by atoms with Crippen molar-refractivity contribution in [3.63, 3.8) is 0 Å². The first-order valence-electron chi connectivity index (χ1n) is 15.6. The fraction of sp³-hybridized carbons (Fsp3) is 0.250. The molecule has 11 heteroatoms. The number of anilines is 2. The molecule has 47 heavy (non-hydrogen) atoms. The third kappa shape index (κ3) is 4.55. The van der Waals surface area contributed by atoms with Gasteiger partial charge < -0.3 is 26.0 Å². The standard InChI is InChI=1S/C36H30FN7O3/c1-39-36(47)26-9-8-20(15-40-26)31-33-35(44(17-28(46)42-33)34-21-13-27(34)41-16-21)25-12-19(6-4-10-38)29(30(37)32(25)43-31)24-14-22(45)11-18-5-2-3-7-23(18)24/h2-3,5,7-9,11-12,14-15,21,27,34,41,45H,4,6,13,16-17H2,1H3,(H,39,47)(H,42,46). The number of hydrogen-bond acceptors (Lipinski definition) is 8. The highest BCUT2D eigenvalue weighted by atomic mass is 19.1. The number of phenols is 1. The number of aromatic nitrogens is 2. The van der Waals surface area contributed by atoms with Gasteiger partial charge in [-0.05, 0) is 71.0 Å². The topological polar surface area (TPSA) is 143 Å². The molecule has 3 unspecified atom stereocenters. The summed E-state index contributed by atoms with van der Waals surface area (Å²) in [5.74, 6) is -0.797. The first kappa shape index (κ1) is 28.8. The van der Waals surface area contributed by atoms with Crippen LogP contribution in [-0.2, 0) is 11.2 Å². The summed E-state index contributed by atoms with van der Waals surface area (Å²) in [6.07, 6.45) is 2.94. The molecule has 4 aliphatic rings. The first-order chi connectivity index (χ1) is 22.9. The van der Waals surface area contributed by atoms with E-state index in [4.69, 9.17) is 4.98 Å². The van der Waals surface area contributed by atoms with Crippen LogP contribution in [0.15, 0.2) is 60.8 Å². The van der Waals surface area contributed by atoms with Gasteiger partial charge in [0.05, 0.1) is 29.7 Å². The molecule has 0 radical (unpaired) electrons. The molecule has 3 atom stereocenters. The van der Waals surface area contributed by atoms with E-state index in [0.717, 1.165) is 23.7 Å². The van der Waals surface area contributed by atoms with Gasteiger partial charge in [-0.3, -0.25) is 14.6 Å². The van der Waals surface area contributed by atoms with Crippen LogP contribution in [-0.4, -0.2) is 59.1 Å². The molecule has 1 aliphatic carbocycles. The van der Waals surface area contributed by atoms with Crippen LogP contribution in [0.4, 0.5) is 15.8 Å². The fourth-order valence-corrected chi connectivity index (χ4v) is 7.59. The predicted molar refractivity (Wildman–Crippen MR) is 177 cm³/mol. The molecule has 2 amide bonds. The molecule has 3 aromatic carbocycles. The zero-order chi connectivity index (χ0) is 32.4. The molecule has 2 saturated heterocycles. The molecule has 10 nitrogen and oxygen atoms in total. The Balaban J connectivity index is 1.45. The molecule has 3 aliphatic heterocycles. The molecule has 2 aromatic heterocycles. The number of phenolic OH excluding ortho intramolecular Hbond substituents is 1. The lowest BCUT2D eigenvalue weighted by Crippen LogP contribution is -2.58. The van der Waals surface area contributed by atoms with Gasteiger partial charge in [0.2, 0.25) is 5.91 Å². The minimum Gasteiger partial charge on any atom is -0.508 e. The number of carbonyl (C=O) groups is 2. The molecule has 3 fully saturated rings. The van der Waals surface area contributed by atoms with E-state index >= 15 is 4.39 Å². The Morgan fingerprint density at radius 3 is 2.77 bits per heavy atom. The van der Waals surface area contributed by atoms with Crippen molar-refractivity contribution < 1.29 is 19.1 Å². The Bertz CT molecular complexity index is 2170. The molecule has 9 rings (SSSR count). The van der Waals surface area contributed by atoms with Gasteiger partial charge in [0.15, 0.2) is 5.82 Å². The second kappa shape index (κ2) is 11.0. The van der Waals surface area contributed by atoms with Gasteiger partial charge in [-0.2, -0.15) is 5.26 Å². The smallest absolute Gasteiger partial charge is 0.269 e. The van der Waals surface area contributed by atoms with Crippen molar-refractivity contribution in [2.45, 2.75) is 31.3 Å². The molecule has 5 aromatic rings. The lowest BCUT2D eigenvalue weighted by Gasteiger charge is -2.47. The number of rotatable bonds is 6. The quantitative estimate of drug-likeness (QED) is 0.208. The lowest BCUT2D eigenvalue weighted by molar-refractivity contribution is -0.115. The van der Waals surface area contributed by atoms with Gasteiger partial charge in [0.1, 0.15) is 17.0 Å². The highest BCUT2D eigenvalue weighted by Crippen LogP contribution is 2.50. The maximum Gasteiger partial charge on any atom is 0.269 e. The molecular formula is C36H30FN7O3. The van der Waals surface area contributed by atoms with Crippen LogP contribution in [0.3, 0.4) is 0 Å². The van der Waals surface area contributed by atoms with E-state index in [1.165, 1.54) is 13.2 Å². The van der Waals surface area contributed by atoms with Crippen LogP contribution in [0.1, 0.15) is 28.9 Å². The van der Waals surface area contributed by atoms with Crippen LogP contribution in [0, 0.1) is 23.1 Å². The van der Waals surface area contributed by atoms with Gasteiger partial charge in [0, 0.05) is 54.8 Å². The maximum absolute atomic E-state index is 17.4. The van der Waals surface area contributed by atoms with Gasteiger partial charge in [-0.1, -0.05) is 24.3 Å². The molecule has 4 N–H and O–H groups in total. The number of nitrogens with one attached hydrogen (secondary N) is 3. The number of carbonyl (C=O) groups excluding carboxylic acids is 2. The summed E-state index contributed by atoms with van der Waals surface area (Å²) in [6.45, 7) is 0.951. The molecule has 234 valence electrons. The second-order valence-corrected chi connectivity index (χ2v) is 12.4. The summed E-state index contributed by atoms with van der Waals surface area (Å²) in [4.78, 5) is 36.8. The summed E-state index contributed by atoms with van der Waals surface area (Å²) >= 11 is 0. The van der Waals surface area contributed by atoms with Crippen LogP contribution >= 0.6 is 0 Å². The monoisotopic (exact) mass is 627 g/mol. The average molecular weight is 628 g/mol. The summed E-state index contributed by atoms with van der Waals surface area (Å²) in [7, 11) is 1.52. The van der Waals surface area contributed by atoms with Gasteiger partial charge in [-0.25, -0.2) is 9.37 Å². The summed E-state index contributed by atoms with van der Waals surface area (Å²) in [6, 6.07) is 18.2. The molecule has 2 bridgehead atoms. The first-order valence-corrected chi connectivity index (χ1v) is 15.6. The van der Waals surface area contributed by atoms with E-state index < -0.39 is 5.82 Å². The number of amides is 2. The number of hydrogen-bond donors (Lipinski definition) is 4. The highest BCUT2D eigenvalue weighted by molar-refractivity contribution is 6.14. The van der Waals surface area contributed by atoms with Gasteiger partial charge in [0.25, 0.3) is 5.91 Å². The largest absolute Gasteiger partial charge is 0.508 e. The van der Waals surface area contributed by atoms with Gasteiger partial charge in [-0.15, -0.1) is 0 Å². The Labute approximate surface area is 269 Å². The predicted octanol–water partition coefficient (Wildman–Crippen LogP) is 4.90. The Hall–Kier alpha value is -5.60. The van der Waals surface area contributed by atoms with Crippen LogP contribution in [0.2, 0.25) is 0 Å². The van der Waals surface area contributed by atoms with E-state index in [0.29, 0.717) is 45.1 Å². The number of benzene rings is 3. The number of aryl methyl sites for hydroxylation is 1. The second-order valence-electron chi connectivity index (χ2n) is 12.4. The molecular weight excluding hydrogens is 597 g/mol. The van der Waals surface area contributed by atoms with Crippen LogP contribution in [0.25, 0.3) is 44.1 Å². The van der Waals surface area contributed by atoms with Crippen molar-refractivity contribution in [2.75, 3.05) is 30.4 Å². The van der Waals surface area contributed by atoms with E-state index in [-0.39, 0.29) is 65.8 Å². The van der Waals surface area contributed by atoms with Crippen molar-refractivity contribution in [1.82, 2.24) is 20.6 Å². The average Bonchev–Trinajstić information content (AvgIpc) is 3.73. The van der Waals surface area contributed by atoms with Crippen LogP contribution in [0.5, 0.6) is 5.75 Å². The zero-order valence-electron chi connectivity index (χ0n) is 25.5. The number of pyridine rings is 2. The van der Waals surface area contributed by atoms with Crippen molar-refractivity contribution in [2.24, 2.45) is 5.92 Å². The number of halogens is 1. The molecule has 5 heterocycles. The van der Waals surface area contributed by atoms with E-state index in [1.54, 1.807) is 24.3 Å². The SMILES string of the molecule is CNC(=O)c1ccc(-c2nc3c(F)c(-c4cc(O)cc5ccccc45)c(CCC#N)cc3c3c2NC(=O)CN3C2C3CNC2C3)cn1. The Kier molecular flexibility index (Phi) is 6.77. The third-order valence-electron chi connectivity index (χ3n) is 9.71. The fourth-order valence-electron chi connectivity index (χ4n) is 7.59. The minimum atomic E-state index is -0.586. The van der Waals surface area contributed by atoms with Gasteiger partial charge >= 0.3 is 0 Å². The van der Waals surface area contributed by atoms with Crippen molar-refractivity contribution in [3.8, 4) is 34.2 Å². The number of aromatic hydroxyl groups is 1. The minimum absolute atomic E-state index is 0.00681. The maximum atomic E-state index is 17.4. The van der Waals surface area contributed by atoms with Crippen molar-refractivity contribution in [3.05, 3.63) is 77.9 Å². The summed E-state index contributed by atoms with van der Waals surface area (Å²) < 4.78 is 17.4. The number of fused-ring (bicyclic) bond motifs is 5. The Morgan fingerprint density at radius 2 is 2.04 bits per heavy atom. The summed E-state index contributed by atoms with van der Waals surface area (Å²) in [5, 5.41) is 31.4. The normalized spacial score (nSPS) is 19.6. The van der Waals surface area contributed by atoms with Crippen molar-refractivity contribution in [1.29, 1.82) is 5.26 Å². The third-order valence-corrected chi connectivity index (χ3v) is 9.71. The van der Waals surface area contributed by atoms with E-state index in [2.05, 4.69) is 31.9 Å². The Morgan fingerprint density at radius 1 is 1.19 bits per heavy atom. The molecule has 1 saturated carbocycles. The zero-order valence-corrected chi connectivity index (χ0v) is 25.5. The number of nitriles is 1. The summed E-state index contributed by atoms with van der Waals surface area (Å²) in [5.41, 5.74) is 3.63. The number of nitrogens with zero attached hydrogens (tertiary/aromatic N) is 4. The molecule has 0 spiro atoms. The van der Waals surface area contributed by atoms with Crippen LogP contribution < -0.4 is 20.9 Å². The van der Waals surface area contributed by atoms with E-state index in [1.807, 2.05) is 30.3 Å².